The molecule has 8 nitrogen and oxygen atoms in total. The van der Waals surface area contributed by atoms with E-state index in [2.05, 4.69) is 50.8 Å². The fourth-order valence-corrected chi connectivity index (χ4v) is 2.57. The standard InChI is InChI=1S/C17H27N7O/c1-18-17(20-11-16-21-12-22-24(16)4)19-10-14(23(2)3)13-8-6-7-9-15(13)25-5/h6-9,12,14H,10-11H2,1-5H3,(H2,18,19,20). The molecule has 0 saturated carbocycles. The fourth-order valence-electron chi connectivity index (χ4n) is 2.57. The van der Waals surface area contributed by atoms with Crippen molar-refractivity contribution in [3.63, 3.8) is 0 Å². The van der Waals surface area contributed by atoms with E-state index in [4.69, 9.17) is 4.74 Å². The third-order valence-corrected chi connectivity index (χ3v) is 4.03. The SMILES string of the molecule is CN=C(NCc1ncnn1C)NCC(c1ccccc1OC)N(C)C. The smallest absolute Gasteiger partial charge is 0.191 e. The Morgan fingerprint density at radius 2 is 2.08 bits per heavy atom. The Morgan fingerprint density at radius 1 is 1.32 bits per heavy atom. The molecule has 0 amide bonds. The van der Waals surface area contributed by atoms with Crippen LogP contribution in [0.2, 0.25) is 0 Å². The quantitative estimate of drug-likeness (QED) is 0.571. The first-order valence-electron chi connectivity index (χ1n) is 8.13. The number of ether oxygens (including phenoxy) is 1. The molecule has 1 aromatic heterocycles. The number of hydrogen-bond donors (Lipinski definition) is 2. The number of aromatic nitrogens is 3. The Balaban J connectivity index is 2.00. The number of para-hydroxylation sites is 1. The van der Waals surface area contributed by atoms with E-state index < -0.39 is 0 Å². The number of nitrogens with zero attached hydrogens (tertiary/aromatic N) is 5. The number of hydrogen-bond acceptors (Lipinski definition) is 5. The van der Waals surface area contributed by atoms with Crippen LogP contribution in [0, 0.1) is 0 Å². The fraction of sp³-hybridized carbons (Fsp3) is 0.471. The molecule has 0 saturated heterocycles. The van der Waals surface area contributed by atoms with Crippen molar-refractivity contribution in [3.05, 3.63) is 42.0 Å². The van der Waals surface area contributed by atoms with Gasteiger partial charge in [0.25, 0.3) is 0 Å². The number of nitrogens with one attached hydrogen (secondary N) is 2. The van der Waals surface area contributed by atoms with Crippen molar-refractivity contribution in [3.8, 4) is 5.75 Å². The van der Waals surface area contributed by atoms with Crippen LogP contribution in [0.15, 0.2) is 35.6 Å². The monoisotopic (exact) mass is 345 g/mol. The van der Waals surface area contributed by atoms with E-state index >= 15 is 0 Å². The van der Waals surface area contributed by atoms with Gasteiger partial charge in [0.15, 0.2) is 5.96 Å². The van der Waals surface area contributed by atoms with E-state index in [0.717, 1.165) is 17.1 Å². The summed E-state index contributed by atoms with van der Waals surface area (Å²) in [6, 6.07) is 8.21. The topological polar surface area (TPSA) is 79.6 Å². The minimum absolute atomic E-state index is 0.143. The van der Waals surface area contributed by atoms with Crippen molar-refractivity contribution < 1.29 is 4.74 Å². The molecule has 0 spiro atoms. The van der Waals surface area contributed by atoms with Crippen molar-refractivity contribution in [2.24, 2.45) is 12.0 Å². The van der Waals surface area contributed by atoms with E-state index in [1.807, 2.05) is 25.2 Å². The molecule has 8 heteroatoms. The molecule has 25 heavy (non-hydrogen) atoms. The zero-order chi connectivity index (χ0) is 18.2. The largest absolute Gasteiger partial charge is 0.496 e. The van der Waals surface area contributed by atoms with Gasteiger partial charge in [-0.2, -0.15) is 5.10 Å². The van der Waals surface area contributed by atoms with Gasteiger partial charge in [0.05, 0.1) is 19.7 Å². The molecule has 0 fully saturated rings. The molecule has 1 atom stereocenters. The van der Waals surface area contributed by atoms with Gasteiger partial charge in [0.1, 0.15) is 17.9 Å². The van der Waals surface area contributed by atoms with Crippen molar-refractivity contribution >= 4 is 5.96 Å². The lowest BCUT2D eigenvalue weighted by Gasteiger charge is -2.27. The molecular weight excluding hydrogens is 318 g/mol. The van der Waals surface area contributed by atoms with E-state index in [9.17, 15) is 0 Å². The normalized spacial score (nSPS) is 13.0. The van der Waals surface area contributed by atoms with Gasteiger partial charge < -0.3 is 20.3 Å². The van der Waals surface area contributed by atoms with Crippen LogP contribution in [-0.2, 0) is 13.6 Å². The first-order valence-corrected chi connectivity index (χ1v) is 8.13. The van der Waals surface area contributed by atoms with Gasteiger partial charge in [-0.15, -0.1) is 0 Å². The van der Waals surface area contributed by atoms with E-state index in [-0.39, 0.29) is 6.04 Å². The molecule has 2 N–H and O–H groups in total. The molecule has 0 bridgehead atoms. The molecular formula is C17H27N7O. The summed E-state index contributed by atoms with van der Waals surface area (Å²) < 4.78 is 7.23. The Bertz CT molecular complexity index is 696. The minimum Gasteiger partial charge on any atom is -0.496 e. The van der Waals surface area contributed by atoms with E-state index in [1.165, 1.54) is 6.33 Å². The Labute approximate surface area is 148 Å². The molecule has 0 aliphatic carbocycles. The van der Waals surface area contributed by atoms with Crippen molar-refractivity contribution in [2.75, 3.05) is 34.8 Å². The maximum absolute atomic E-state index is 5.50. The zero-order valence-corrected chi connectivity index (χ0v) is 15.5. The second kappa shape index (κ2) is 9.03. The number of guanidine groups is 1. The first kappa shape index (κ1) is 18.7. The second-order valence-electron chi connectivity index (χ2n) is 5.83. The average molecular weight is 345 g/mol. The molecule has 0 radical (unpaired) electrons. The number of methoxy groups -OCH3 is 1. The van der Waals surface area contributed by atoms with Crippen LogP contribution in [0.1, 0.15) is 17.4 Å². The number of aliphatic imine (C=N–C) groups is 1. The molecule has 1 unspecified atom stereocenters. The van der Waals surface area contributed by atoms with Crippen LogP contribution in [0.4, 0.5) is 0 Å². The lowest BCUT2D eigenvalue weighted by molar-refractivity contribution is 0.287. The number of rotatable bonds is 7. The first-order chi connectivity index (χ1) is 12.1. The lowest BCUT2D eigenvalue weighted by Crippen LogP contribution is -2.41. The van der Waals surface area contributed by atoms with Crippen molar-refractivity contribution in [1.82, 2.24) is 30.3 Å². The summed E-state index contributed by atoms with van der Waals surface area (Å²) in [7, 11) is 9.41. The van der Waals surface area contributed by atoms with Crippen LogP contribution in [0.3, 0.4) is 0 Å². The van der Waals surface area contributed by atoms with Crippen LogP contribution >= 0.6 is 0 Å². The number of likely N-dealkylation sites (N-methyl/N-ethyl adjacent to an activating group) is 1. The van der Waals surface area contributed by atoms with Gasteiger partial charge in [-0.1, -0.05) is 18.2 Å². The summed E-state index contributed by atoms with van der Waals surface area (Å²) in [5.41, 5.74) is 1.13. The maximum Gasteiger partial charge on any atom is 0.191 e. The van der Waals surface area contributed by atoms with Gasteiger partial charge in [-0.05, 0) is 20.2 Å². The van der Waals surface area contributed by atoms with Crippen molar-refractivity contribution in [1.29, 1.82) is 0 Å². The summed E-state index contributed by atoms with van der Waals surface area (Å²) >= 11 is 0. The van der Waals surface area contributed by atoms with Crippen LogP contribution in [0.25, 0.3) is 0 Å². The van der Waals surface area contributed by atoms with Gasteiger partial charge in [-0.25, -0.2) is 4.98 Å². The van der Waals surface area contributed by atoms with Crippen LogP contribution < -0.4 is 15.4 Å². The summed E-state index contributed by atoms with van der Waals surface area (Å²) in [6.07, 6.45) is 1.54. The zero-order valence-electron chi connectivity index (χ0n) is 15.5. The summed E-state index contributed by atoms with van der Waals surface area (Å²) in [4.78, 5) is 10.6. The summed E-state index contributed by atoms with van der Waals surface area (Å²) in [5.74, 6) is 2.44. The maximum atomic E-state index is 5.50. The third kappa shape index (κ3) is 4.93. The van der Waals surface area contributed by atoms with Crippen LogP contribution in [0.5, 0.6) is 5.75 Å². The highest BCUT2D eigenvalue weighted by Gasteiger charge is 2.18. The lowest BCUT2D eigenvalue weighted by atomic mass is 10.0. The van der Waals surface area contributed by atoms with E-state index in [1.54, 1.807) is 18.8 Å². The molecule has 1 aromatic carbocycles. The average Bonchev–Trinajstić information content (AvgIpc) is 3.03. The van der Waals surface area contributed by atoms with Gasteiger partial charge >= 0.3 is 0 Å². The molecule has 136 valence electrons. The highest BCUT2D eigenvalue weighted by atomic mass is 16.5. The number of aryl methyl sites for hydroxylation is 1. The molecule has 2 rings (SSSR count). The highest BCUT2D eigenvalue weighted by Crippen LogP contribution is 2.27. The summed E-state index contributed by atoms with van der Waals surface area (Å²) in [6.45, 7) is 1.24. The van der Waals surface area contributed by atoms with Crippen LogP contribution in [-0.4, -0.2) is 60.4 Å². The van der Waals surface area contributed by atoms with Crippen molar-refractivity contribution in [2.45, 2.75) is 12.6 Å². The molecule has 0 aliphatic heterocycles. The summed E-state index contributed by atoms with van der Waals surface area (Å²) in [5, 5.41) is 10.7. The Morgan fingerprint density at radius 3 is 2.68 bits per heavy atom. The number of benzene rings is 1. The second-order valence-corrected chi connectivity index (χ2v) is 5.83. The third-order valence-electron chi connectivity index (χ3n) is 4.03. The minimum atomic E-state index is 0.143. The van der Waals surface area contributed by atoms with Gasteiger partial charge in [-0.3, -0.25) is 9.67 Å². The molecule has 0 aliphatic rings. The highest BCUT2D eigenvalue weighted by molar-refractivity contribution is 5.79. The Hall–Kier alpha value is -2.61. The predicted octanol–water partition coefficient (Wildman–Crippen LogP) is 0.792. The van der Waals surface area contributed by atoms with Gasteiger partial charge in [0.2, 0.25) is 0 Å². The Kier molecular flexibility index (Phi) is 6.76. The molecule has 1 heterocycles. The van der Waals surface area contributed by atoms with Gasteiger partial charge in [0, 0.05) is 26.2 Å². The van der Waals surface area contributed by atoms with E-state index in [0.29, 0.717) is 19.0 Å². The predicted molar refractivity (Wildman–Crippen MR) is 98.6 cm³/mol. The molecule has 2 aromatic rings.